The quantitative estimate of drug-likeness (QED) is 0.742. The first-order chi connectivity index (χ1) is 7.58. The highest BCUT2D eigenvalue weighted by molar-refractivity contribution is 6.29. The fourth-order valence-electron chi connectivity index (χ4n) is 1.74. The van der Waals surface area contributed by atoms with E-state index in [1.807, 2.05) is 0 Å². The number of hydrogen-bond acceptors (Lipinski definition) is 4. The summed E-state index contributed by atoms with van der Waals surface area (Å²) in [6.45, 7) is 2.27. The minimum absolute atomic E-state index is 0.146. The molecule has 1 aromatic rings. The van der Waals surface area contributed by atoms with Crippen LogP contribution in [-0.4, -0.2) is 42.4 Å². The molecule has 2 rings (SSSR count). The number of likely N-dealkylation sites (N-methyl/N-ethyl adjacent to an activating group) is 1. The summed E-state index contributed by atoms with van der Waals surface area (Å²) < 4.78 is 18.6. The van der Waals surface area contributed by atoms with Crippen LogP contribution in [0.25, 0.3) is 0 Å². The van der Waals surface area contributed by atoms with Crippen molar-refractivity contribution in [1.29, 1.82) is 0 Å². The van der Waals surface area contributed by atoms with Crippen LogP contribution in [0, 0.1) is 6.92 Å². The van der Waals surface area contributed by atoms with Crippen molar-refractivity contribution in [2.24, 2.45) is 0 Å². The Morgan fingerprint density at radius 2 is 2.25 bits per heavy atom. The summed E-state index contributed by atoms with van der Waals surface area (Å²) in [5.74, 6) is 1.19. The lowest BCUT2D eigenvalue weighted by molar-refractivity contribution is 0.173. The van der Waals surface area contributed by atoms with Crippen molar-refractivity contribution < 1.29 is 9.13 Å². The van der Waals surface area contributed by atoms with E-state index in [2.05, 4.69) is 9.97 Å². The first-order valence-electron chi connectivity index (χ1n) is 5.04. The van der Waals surface area contributed by atoms with Crippen LogP contribution in [0.1, 0.15) is 5.82 Å². The number of hydrogen-bond donors (Lipinski definition) is 0. The van der Waals surface area contributed by atoms with Crippen LogP contribution in [0.15, 0.2) is 6.07 Å². The van der Waals surface area contributed by atoms with E-state index >= 15 is 0 Å². The number of anilines is 1. The van der Waals surface area contributed by atoms with Crippen molar-refractivity contribution in [2.45, 2.75) is 19.1 Å². The van der Waals surface area contributed by atoms with Gasteiger partial charge in [-0.3, -0.25) is 0 Å². The summed E-state index contributed by atoms with van der Waals surface area (Å²) in [6.07, 6.45) is -0.987. The molecule has 4 nitrogen and oxygen atoms in total. The predicted octanol–water partition coefficient (Wildman–Crippen LogP) is 1.61. The zero-order valence-electron chi connectivity index (χ0n) is 9.15. The number of aryl methyl sites for hydroxylation is 1. The molecule has 0 bridgehead atoms. The molecule has 88 valence electrons. The molecule has 16 heavy (non-hydrogen) atoms. The third kappa shape index (κ3) is 2.25. The monoisotopic (exact) mass is 245 g/mol. The summed E-state index contributed by atoms with van der Waals surface area (Å²) in [4.78, 5) is 9.93. The van der Waals surface area contributed by atoms with Crippen molar-refractivity contribution in [2.75, 3.05) is 25.2 Å². The second kappa shape index (κ2) is 4.51. The minimum Gasteiger partial charge on any atom is -0.376 e. The van der Waals surface area contributed by atoms with Gasteiger partial charge in [0.25, 0.3) is 0 Å². The molecule has 0 aliphatic carbocycles. The van der Waals surface area contributed by atoms with Crippen LogP contribution in [0.4, 0.5) is 10.2 Å². The maximum absolute atomic E-state index is 13.5. The summed E-state index contributed by atoms with van der Waals surface area (Å²) in [6, 6.07) is 1.32. The van der Waals surface area contributed by atoms with Crippen LogP contribution in [0.2, 0.25) is 5.15 Å². The molecule has 0 radical (unpaired) electrons. The van der Waals surface area contributed by atoms with E-state index in [-0.39, 0.29) is 12.6 Å². The second-order valence-corrected chi connectivity index (χ2v) is 4.22. The van der Waals surface area contributed by atoms with Crippen molar-refractivity contribution in [1.82, 2.24) is 9.97 Å². The fraction of sp³-hybridized carbons (Fsp3) is 0.600. The summed E-state index contributed by atoms with van der Waals surface area (Å²) >= 11 is 5.83. The molecule has 1 fully saturated rings. The third-order valence-electron chi connectivity index (χ3n) is 2.64. The molecule has 6 heteroatoms. The Bertz CT molecular complexity index is 370. The van der Waals surface area contributed by atoms with Gasteiger partial charge in [0.2, 0.25) is 0 Å². The van der Waals surface area contributed by atoms with E-state index in [0.717, 1.165) is 0 Å². The van der Waals surface area contributed by atoms with Gasteiger partial charge in [-0.2, -0.15) is 0 Å². The lowest BCUT2D eigenvalue weighted by Crippen LogP contribution is -2.39. The lowest BCUT2D eigenvalue weighted by Gasteiger charge is -2.25. The molecule has 1 aliphatic heterocycles. The topological polar surface area (TPSA) is 38.2 Å². The number of nitrogens with zero attached hydrogens (tertiary/aromatic N) is 3. The minimum atomic E-state index is -0.987. The molecule has 0 amide bonds. The SMILES string of the molecule is Cc1nc(Cl)cc(N(C)[C@@H]2COC[C@H]2F)n1. The molecular weight excluding hydrogens is 233 g/mol. The zero-order chi connectivity index (χ0) is 11.7. The van der Waals surface area contributed by atoms with Gasteiger partial charge in [-0.05, 0) is 6.92 Å². The molecular formula is C10H13ClFN3O. The van der Waals surface area contributed by atoms with Crippen LogP contribution < -0.4 is 4.90 Å². The van der Waals surface area contributed by atoms with Gasteiger partial charge in [0.1, 0.15) is 23.0 Å². The maximum atomic E-state index is 13.5. The summed E-state index contributed by atoms with van der Waals surface area (Å²) in [5.41, 5.74) is 0. The van der Waals surface area contributed by atoms with Gasteiger partial charge in [0.05, 0.1) is 19.3 Å². The smallest absolute Gasteiger partial charge is 0.146 e. The van der Waals surface area contributed by atoms with Crippen molar-refractivity contribution in [3.05, 3.63) is 17.0 Å². The molecule has 0 spiro atoms. The average molecular weight is 246 g/mol. The Morgan fingerprint density at radius 1 is 1.50 bits per heavy atom. The number of halogens is 2. The Kier molecular flexibility index (Phi) is 3.25. The maximum Gasteiger partial charge on any atom is 0.146 e. The summed E-state index contributed by atoms with van der Waals surface area (Å²) in [5, 5.41) is 0.365. The van der Waals surface area contributed by atoms with E-state index in [0.29, 0.717) is 23.4 Å². The molecule has 2 atom stereocenters. The number of ether oxygens (including phenoxy) is 1. The largest absolute Gasteiger partial charge is 0.376 e. The Balaban J connectivity index is 2.22. The van der Waals surface area contributed by atoms with E-state index in [1.54, 1.807) is 24.9 Å². The van der Waals surface area contributed by atoms with Crippen LogP contribution >= 0.6 is 11.6 Å². The van der Waals surface area contributed by atoms with Crippen LogP contribution in [-0.2, 0) is 4.74 Å². The van der Waals surface area contributed by atoms with Crippen molar-refractivity contribution in [3.63, 3.8) is 0 Å². The van der Waals surface area contributed by atoms with Gasteiger partial charge in [-0.25, -0.2) is 14.4 Å². The predicted molar refractivity (Wildman–Crippen MR) is 59.7 cm³/mol. The average Bonchev–Trinajstić information content (AvgIpc) is 2.62. The van der Waals surface area contributed by atoms with Crippen molar-refractivity contribution >= 4 is 17.4 Å². The third-order valence-corrected chi connectivity index (χ3v) is 2.83. The second-order valence-electron chi connectivity index (χ2n) is 3.83. The van der Waals surface area contributed by atoms with E-state index in [4.69, 9.17) is 16.3 Å². The standard InChI is InChI=1S/C10H13ClFN3O/c1-6-13-9(11)3-10(14-6)15(2)8-5-16-4-7(8)12/h3,7-8H,4-5H2,1-2H3/t7-,8-/m1/s1. The number of alkyl halides is 1. The van der Waals surface area contributed by atoms with E-state index in [9.17, 15) is 4.39 Å². The van der Waals surface area contributed by atoms with Gasteiger partial charge >= 0.3 is 0 Å². The Morgan fingerprint density at radius 3 is 2.81 bits per heavy atom. The molecule has 0 N–H and O–H groups in total. The Hall–Kier alpha value is -0.940. The zero-order valence-corrected chi connectivity index (χ0v) is 9.91. The first kappa shape index (κ1) is 11.5. The summed E-state index contributed by atoms with van der Waals surface area (Å²) in [7, 11) is 1.78. The molecule has 0 unspecified atom stereocenters. The molecule has 0 aromatic carbocycles. The lowest BCUT2D eigenvalue weighted by atomic mass is 10.2. The van der Waals surface area contributed by atoms with E-state index in [1.165, 1.54) is 0 Å². The fourth-order valence-corrected chi connectivity index (χ4v) is 1.96. The number of aromatic nitrogens is 2. The van der Waals surface area contributed by atoms with Crippen LogP contribution in [0.5, 0.6) is 0 Å². The first-order valence-corrected chi connectivity index (χ1v) is 5.41. The van der Waals surface area contributed by atoms with Gasteiger partial charge in [0, 0.05) is 13.1 Å². The van der Waals surface area contributed by atoms with E-state index < -0.39 is 6.17 Å². The van der Waals surface area contributed by atoms with Crippen LogP contribution in [0.3, 0.4) is 0 Å². The van der Waals surface area contributed by atoms with Gasteiger partial charge in [-0.15, -0.1) is 0 Å². The number of rotatable bonds is 2. The normalized spacial score (nSPS) is 24.8. The van der Waals surface area contributed by atoms with Crippen molar-refractivity contribution in [3.8, 4) is 0 Å². The highest BCUT2D eigenvalue weighted by Crippen LogP contribution is 2.22. The highest BCUT2D eigenvalue weighted by Gasteiger charge is 2.32. The molecule has 1 aromatic heterocycles. The van der Waals surface area contributed by atoms with Gasteiger partial charge < -0.3 is 9.64 Å². The molecule has 1 saturated heterocycles. The van der Waals surface area contributed by atoms with Gasteiger partial charge in [-0.1, -0.05) is 11.6 Å². The molecule has 1 aliphatic rings. The highest BCUT2D eigenvalue weighted by atomic mass is 35.5. The van der Waals surface area contributed by atoms with Gasteiger partial charge in [0.15, 0.2) is 0 Å². The Labute approximate surface area is 98.4 Å². The molecule has 2 heterocycles. The molecule has 0 saturated carbocycles.